The van der Waals surface area contributed by atoms with Gasteiger partial charge in [0.1, 0.15) is 5.82 Å². The third-order valence-corrected chi connectivity index (χ3v) is 6.85. The molecule has 0 spiro atoms. The summed E-state index contributed by atoms with van der Waals surface area (Å²) in [6, 6.07) is 20.2. The van der Waals surface area contributed by atoms with Gasteiger partial charge in [-0.1, -0.05) is 48.2 Å². The second kappa shape index (κ2) is 10.9. The Labute approximate surface area is 202 Å². The minimum absolute atomic E-state index is 0.221. The number of fused-ring (bicyclic) bond motifs is 1. The molecule has 1 aromatic heterocycles. The molecule has 0 atom stereocenters. The number of nitrogens with zero attached hydrogens (tertiary/aromatic N) is 1. The van der Waals surface area contributed by atoms with E-state index in [-0.39, 0.29) is 11.1 Å². The number of carbonyl (C=O) groups excluding carboxylic acids is 3. The first-order valence-corrected chi connectivity index (χ1v) is 11.9. The van der Waals surface area contributed by atoms with Crippen molar-refractivity contribution in [1.29, 1.82) is 0 Å². The summed E-state index contributed by atoms with van der Waals surface area (Å²) in [5.41, 5.74) is 6.20. The van der Waals surface area contributed by atoms with Gasteiger partial charge in [-0.2, -0.15) is 0 Å². The number of thioether (sulfide) groups is 1. The fourth-order valence-corrected chi connectivity index (χ4v) is 4.91. The molecule has 2 N–H and O–H groups in total. The molecule has 34 heavy (non-hydrogen) atoms. The highest BCUT2D eigenvalue weighted by Crippen LogP contribution is 2.31. The molecule has 0 bridgehead atoms. The SMILES string of the molecule is O=C(COC(=O)c1ccc(CSc2nc3ccccc3s2)cc1)NNC(=O)c1ccccc1F. The molecule has 0 saturated carbocycles. The zero-order chi connectivity index (χ0) is 23.9. The number of thiazole rings is 1. The van der Waals surface area contributed by atoms with Gasteiger partial charge in [-0.15, -0.1) is 11.3 Å². The van der Waals surface area contributed by atoms with Crippen molar-refractivity contribution >= 4 is 51.1 Å². The molecule has 0 aliphatic heterocycles. The van der Waals surface area contributed by atoms with Crippen molar-refractivity contribution in [3.05, 3.63) is 95.3 Å². The van der Waals surface area contributed by atoms with Gasteiger partial charge in [0.2, 0.25) is 0 Å². The van der Waals surface area contributed by atoms with Gasteiger partial charge in [0.05, 0.1) is 21.3 Å². The maximum atomic E-state index is 13.6. The van der Waals surface area contributed by atoms with Gasteiger partial charge in [-0.25, -0.2) is 14.2 Å². The Kier molecular flexibility index (Phi) is 7.51. The predicted molar refractivity (Wildman–Crippen MR) is 128 cm³/mol. The van der Waals surface area contributed by atoms with E-state index in [1.807, 2.05) is 36.4 Å². The molecule has 2 amide bonds. The predicted octanol–water partition coefficient (Wildman–Crippen LogP) is 4.35. The Bertz CT molecular complexity index is 1310. The first kappa shape index (κ1) is 23.4. The topological polar surface area (TPSA) is 97.4 Å². The van der Waals surface area contributed by atoms with Crippen molar-refractivity contribution in [2.24, 2.45) is 0 Å². The summed E-state index contributed by atoms with van der Waals surface area (Å²) in [6.45, 7) is -0.606. The van der Waals surface area contributed by atoms with Crippen LogP contribution in [0.1, 0.15) is 26.3 Å². The molecule has 0 fully saturated rings. The van der Waals surface area contributed by atoms with Crippen LogP contribution in [-0.4, -0.2) is 29.4 Å². The molecule has 172 valence electrons. The number of hydrogen-bond acceptors (Lipinski definition) is 7. The second-order valence-electron chi connectivity index (χ2n) is 6.99. The van der Waals surface area contributed by atoms with Crippen molar-refractivity contribution < 1.29 is 23.5 Å². The van der Waals surface area contributed by atoms with Crippen LogP contribution in [0.3, 0.4) is 0 Å². The third-order valence-electron chi connectivity index (χ3n) is 4.59. The summed E-state index contributed by atoms with van der Waals surface area (Å²) in [6.07, 6.45) is 0. The Balaban J connectivity index is 1.22. The molecule has 7 nitrogen and oxygen atoms in total. The summed E-state index contributed by atoms with van der Waals surface area (Å²) in [4.78, 5) is 40.5. The van der Waals surface area contributed by atoms with Crippen LogP contribution in [0, 0.1) is 5.82 Å². The summed E-state index contributed by atoms with van der Waals surface area (Å²) in [5, 5.41) is 0. The van der Waals surface area contributed by atoms with E-state index in [2.05, 4.69) is 15.8 Å². The molecule has 0 saturated heterocycles. The highest BCUT2D eigenvalue weighted by molar-refractivity contribution is 8.00. The lowest BCUT2D eigenvalue weighted by Gasteiger charge is -2.09. The number of aromatic nitrogens is 1. The molecule has 3 aromatic carbocycles. The van der Waals surface area contributed by atoms with Crippen LogP contribution >= 0.6 is 23.1 Å². The zero-order valence-electron chi connectivity index (χ0n) is 17.6. The highest BCUT2D eigenvalue weighted by Gasteiger charge is 2.14. The van der Waals surface area contributed by atoms with Crippen LogP contribution < -0.4 is 10.9 Å². The monoisotopic (exact) mass is 495 g/mol. The Morgan fingerprint density at radius 2 is 1.68 bits per heavy atom. The Morgan fingerprint density at radius 1 is 0.941 bits per heavy atom. The fourth-order valence-electron chi connectivity index (χ4n) is 2.88. The fraction of sp³-hybridized carbons (Fsp3) is 0.0833. The molecule has 4 rings (SSSR count). The van der Waals surface area contributed by atoms with Gasteiger partial charge in [0, 0.05) is 5.75 Å². The molecular weight excluding hydrogens is 477 g/mol. The van der Waals surface area contributed by atoms with E-state index >= 15 is 0 Å². The van der Waals surface area contributed by atoms with Crippen molar-refractivity contribution in [2.45, 2.75) is 10.1 Å². The van der Waals surface area contributed by atoms with Gasteiger partial charge in [0.25, 0.3) is 11.8 Å². The van der Waals surface area contributed by atoms with E-state index in [0.717, 1.165) is 26.2 Å². The van der Waals surface area contributed by atoms with E-state index < -0.39 is 30.2 Å². The number of carbonyl (C=O) groups is 3. The van der Waals surface area contributed by atoms with Gasteiger partial charge in [0.15, 0.2) is 10.9 Å². The molecule has 1 heterocycles. The van der Waals surface area contributed by atoms with Crippen LogP contribution in [0.2, 0.25) is 0 Å². The quantitative estimate of drug-likeness (QED) is 0.225. The number of hydrogen-bond donors (Lipinski definition) is 2. The average Bonchev–Trinajstić information content (AvgIpc) is 3.28. The number of benzene rings is 3. The van der Waals surface area contributed by atoms with Crippen molar-refractivity contribution in [1.82, 2.24) is 15.8 Å². The smallest absolute Gasteiger partial charge is 0.338 e. The summed E-state index contributed by atoms with van der Waals surface area (Å²) < 4.78 is 20.6. The number of esters is 1. The number of halogens is 1. The Morgan fingerprint density at radius 3 is 2.44 bits per heavy atom. The number of para-hydroxylation sites is 1. The van der Waals surface area contributed by atoms with E-state index in [1.165, 1.54) is 18.2 Å². The highest BCUT2D eigenvalue weighted by atomic mass is 32.2. The van der Waals surface area contributed by atoms with Crippen LogP contribution in [-0.2, 0) is 15.3 Å². The number of nitrogens with one attached hydrogen (secondary N) is 2. The maximum absolute atomic E-state index is 13.6. The second-order valence-corrected chi connectivity index (χ2v) is 9.24. The number of amides is 2. The van der Waals surface area contributed by atoms with Gasteiger partial charge < -0.3 is 4.74 Å². The summed E-state index contributed by atoms with van der Waals surface area (Å²) in [7, 11) is 0. The zero-order valence-corrected chi connectivity index (χ0v) is 19.3. The summed E-state index contributed by atoms with van der Waals surface area (Å²) in [5.74, 6) is -2.29. The van der Waals surface area contributed by atoms with E-state index in [9.17, 15) is 18.8 Å². The van der Waals surface area contributed by atoms with Crippen molar-refractivity contribution in [3.8, 4) is 0 Å². The van der Waals surface area contributed by atoms with Gasteiger partial charge >= 0.3 is 5.97 Å². The first-order chi connectivity index (χ1) is 16.5. The lowest BCUT2D eigenvalue weighted by atomic mass is 10.1. The molecule has 0 unspecified atom stereocenters. The lowest BCUT2D eigenvalue weighted by molar-refractivity contribution is -0.125. The summed E-state index contributed by atoms with van der Waals surface area (Å²) >= 11 is 3.25. The van der Waals surface area contributed by atoms with E-state index in [1.54, 1.807) is 35.2 Å². The first-order valence-electron chi connectivity index (χ1n) is 10.1. The largest absolute Gasteiger partial charge is 0.452 e. The van der Waals surface area contributed by atoms with Crippen LogP contribution in [0.25, 0.3) is 10.2 Å². The Hall–Kier alpha value is -3.76. The average molecular weight is 496 g/mol. The van der Waals surface area contributed by atoms with Gasteiger partial charge in [-0.3, -0.25) is 20.4 Å². The molecule has 4 aromatic rings. The standard InChI is InChI=1S/C24H18FN3O4S2/c25-18-6-2-1-5-17(18)22(30)28-27-21(29)13-32-23(31)16-11-9-15(10-12-16)14-33-24-26-19-7-3-4-8-20(19)34-24/h1-12H,13-14H2,(H,27,29)(H,28,30). The van der Waals surface area contributed by atoms with Gasteiger partial charge in [-0.05, 0) is 42.0 Å². The molecule has 0 aliphatic carbocycles. The molecule has 10 heteroatoms. The van der Waals surface area contributed by atoms with Crippen LogP contribution in [0.15, 0.2) is 77.1 Å². The number of hydrazine groups is 1. The van der Waals surface area contributed by atoms with Crippen molar-refractivity contribution in [2.75, 3.05) is 6.61 Å². The van der Waals surface area contributed by atoms with Crippen molar-refractivity contribution in [3.63, 3.8) is 0 Å². The minimum Gasteiger partial charge on any atom is -0.452 e. The third kappa shape index (κ3) is 5.97. The van der Waals surface area contributed by atoms with Crippen LogP contribution in [0.4, 0.5) is 4.39 Å². The normalized spacial score (nSPS) is 10.6. The molecule has 0 radical (unpaired) electrons. The molecule has 0 aliphatic rings. The lowest BCUT2D eigenvalue weighted by Crippen LogP contribution is -2.43. The minimum atomic E-state index is -0.822. The van der Waals surface area contributed by atoms with Crippen LogP contribution in [0.5, 0.6) is 0 Å². The van der Waals surface area contributed by atoms with E-state index in [0.29, 0.717) is 5.75 Å². The maximum Gasteiger partial charge on any atom is 0.338 e. The number of ether oxygens (including phenoxy) is 1. The molecular formula is C24H18FN3O4S2. The van der Waals surface area contributed by atoms with E-state index in [4.69, 9.17) is 4.74 Å². The number of rotatable bonds is 7.